The summed E-state index contributed by atoms with van der Waals surface area (Å²) < 4.78 is 5.40. The van der Waals surface area contributed by atoms with Crippen LogP contribution in [-0.2, 0) is 13.0 Å². The Bertz CT molecular complexity index is 1250. The van der Waals surface area contributed by atoms with Gasteiger partial charge in [-0.2, -0.15) is 4.68 Å². The highest BCUT2D eigenvalue weighted by Gasteiger charge is 2.15. The van der Waals surface area contributed by atoms with E-state index in [1.165, 1.54) is 0 Å². The first-order valence-electron chi connectivity index (χ1n) is 11.0. The second-order valence-corrected chi connectivity index (χ2v) is 7.90. The van der Waals surface area contributed by atoms with Crippen molar-refractivity contribution < 1.29 is 0 Å². The molecule has 2 aromatic heterocycles. The van der Waals surface area contributed by atoms with Crippen molar-refractivity contribution in [3.8, 4) is 16.8 Å². The second-order valence-electron chi connectivity index (χ2n) is 7.90. The van der Waals surface area contributed by atoms with Gasteiger partial charge in [-0.3, -0.25) is 9.13 Å². The Balaban J connectivity index is 1.65. The number of benzene rings is 2. The zero-order chi connectivity index (χ0) is 22.5. The minimum Gasteiger partial charge on any atom is -0.296 e. The van der Waals surface area contributed by atoms with Crippen LogP contribution in [0.3, 0.4) is 0 Å². The van der Waals surface area contributed by atoms with Crippen molar-refractivity contribution in [1.29, 1.82) is 0 Å². The standard InChI is InChI=1S/C25H28N6O/c1-4-6-9-22-17-29(19(3)5-2)25(32)30(22)16-20-12-14-21(15-13-20)23-10-7-8-11-24(23)31-18-26-27-28-31/h4,6-8,10-15,17-19H,5,9,16H2,1-3H3. The van der Waals surface area contributed by atoms with Crippen LogP contribution in [0.4, 0.5) is 0 Å². The molecule has 0 spiro atoms. The fourth-order valence-corrected chi connectivity index (χ4v) is 3.79. The number of allylic oxidation sites excluding steroid dienone is 2. The van der Waals surface area contributed by atoms with E-state index >= 15 is 0 Å². The van der Waals surface area contributed by atoms with Crippen LogP contribution < -0.4 is 5.69 Å². The SMILES string of the molecule is CC=CCc1cn(C(C)CC)c(=O)n1Cc1ccc(-c2ccccc2-n2cnnn2)cc1. The zero-order valence-electron chi connectivity index (χ0n) is 18.7. The van der Waals surface area contributed by atoms with Crippen molar-refractivity contribution >= 4 is 0 Å². The highest BCUT2D eigenvalue weighted by molar-refractivity contribution is 5.72. The van der Waals surface area contributed by atoms with Crippen LogP contribution in [0.2, 0.25) is 0 Å². The summed E-state index contributed by atoms with van der Waals surface area (Å²) in [7, 11) is 0. The molecule has 0 saturated heterocycles. The highest BCUT2D eigenvalue weighted by Crippen LogP contribution is 2.26. The summed E-state index contributed by atoms with van der Waals surface area (Å²) in [5.74, 6) is 0. The van der Waals surface area contributed by atoms with Crippen LogP contribution in [0.1, 0.15) is 44.5 Å². The first-order chi connectivity index (χ1) is 15.6. The summed E-state index contributed by atoms with van der Waals surface area (Å²) in [6, 6.07) is 16.5. The third-order valence-electron chi connectivity index (χ3n) is 5.82. The van der Waals surface area contributed by atoms with Crippen molar-refractivity contribution in [2.24, 2.45) is 0 Å². The normalized spacial score (nSPS) is 12.5. The van der Waals surface area contributed by atoms with Crippen molar-refractivity contribution in [2.75, 3.05) is 0 Å². The van der Waals surface area contributed by atoms with E-state index in [9.17, 15) is 4.79 Å². The predicted octanol–water partition coefficient (Wildman–Crippen LogP) is 4.43. The van der Waals surface area contributed by atoms with E-state index in [4.69, 9.17) is 0 Å². The molecular formula is C25H28N6O. The molecule has 2 heterocycles. The number of rotatable bonds is 8. The van der Waals surface area contributed by atoms with Crippen molar-refractivity contribution in [3.63, 3.8) is 0 Å². The number of hydrogen-bond acceptors (Lipinski definition) is 4. The Morgan fingerprint density at radius 3 is 2.56 bits per heavy atom. The first kappa shape index (κ1) is 21.5. The monoisotopic (exact) mass is 428 g/mol. The minimum absolute atomic E-state index is 0.0481. The van der Waals surface area contributed by atoms with Gasteiger partial charge in [0.05, 0.1) is 12.2 Å². The van der Waals surface area contributed by atoms with Gasteiger partial charge in [0.25, 0.3) is 0 Å². The first-order valence-corrected chi connectivity index (χ1v) is 11.0. The van der Waals surface area contributed by atoms with Crippen LogP contribution in [-0.4, -0.2) is 29.3 Å². The molecule has 1 unspecified atom stereocenters. The molecule has 0 aliphatic rings. The Kier molecular flexibility index (Phi) is 6.44. The van der Waals surface area contributed by atoms with Gasteiger partial charge < -0.3 is 0 Å². The maximum Gasteiger partial charge on any atom is 0.328 e. The Morgan fingerprint density at radius 2 is 1.88 bits per heavy atom. The van der Waals surface area contributed by atoms with Gasteiger partial charge in [-0.15, -0.1) is 5.10 Å². The molecule has 0 bridgehead atoms. The fourth-order valence-electron chi connectivity index (χ4n) is 3.79. The molecule has 0 aliphatic heterocycles. The van der Waals surface area contributed by atoms with Crippen molar-refractivity contribution in [2.45, 2.75) is 46.2 Å². The van der Waals surface area contributed by atoms with E-state index in [1.54, 1.807) is 11.0 Å². The summed E-state index contributed by atoms with van der Waals surface area (Å²) in [4.78, 5) is 13.1. The maximum absolute atomic E-state index is 13.1. The maximum atomic E-state index is 13.1. The molecule has 1 atom stereocenters. The van der Waals surface area contributed by atoms with E-state index in [1.807, 2.05) is 46.5 Å². The number of hydrogen-bond donors (Lipinski definition) is 0. The van der Waals surface area contributed by atoms with Gasteiger partial charge in [-0.1, -0.05) is 61.5 Å². The summed E-state index contributed by atoms with van der Waals surface area (Å²) in [5, 5.41) is 11.5. The smallest absolute Gasteiger partial charge is 0.296 e. The van der Waals surface area contributed by atoms with Crippen LogP contribution in [0.25, 0.3) is 16.8 Å². The number of para-hydroxylation sites is 1. The molecule has 32 heavy (non-hydrogen) atoms. The largest absolute Gasteiger partial charge is 0.328 e. The summed E-state index contributed by atoms with van der Waals surface area (Å²) >= 11 is 0. The molecule has 0 saturated carbocycles. The average molecular weight is 429 g/mol. The summed E-state index contributed by atoms with van der Waals surface area (Å²) in [5.41, 5.74) is 5.19. The van der Waals surface area contributed by atoms with Gasteiger partial charge in [0, 0.05) is 29.9 Å². The fraction of sp³-hybridized carbons (Fsp3) is 0.280. The van der Waals surface area contributed by atoms with Crippen LogP contribution in [0, 0.1) is 0 Å². The summed E-state index contributed by atoms with van der Waals surface area (Å²) in [6.45, 7) is 6.73. The zero-order valence-corrected chi connectivity index (χ0v) is 18.7. The lowest BCUT2D eigenvalue weighted by Crippen LogP contribution is -2.27. The van der Waals surface area contributed by atoms with Crippen LogP contribution in [0.5, 0.6) is 0 Å². The third kappa shape index (κ3) is 4.32. The lowest BCUT2D eigenvalue weighted by atomic mass is 10.0. The molecular weight excluding hydrogens is 400 g/mol. The van der Waals surface area contributed by atoms with Crippen LogP contribution in [0.15, 0.2) is 78.0 Å². The second kappa shape index (κ2) is 9.60. The number of aromatic nitrogens is 6. The lowest BCUT2D eigenvalue weighted by molar-refractivity contribution is 0.504. The highest BCUT2D eigenvalue weighted by atomic mass is 16.1. The average Bonchev–Trinajstić information content (AvgIpc) is 3.47. The van der Waals surface area contributed by atoms with E-state index in [2.05, 4.69) is 65.8 Å². The molecule has 7 nitrogen and oxygen atoms in total. The Hall–Kier alpha value is -3.74. The molecule has 0 N–H and O–H groups in total. The Morgan fingerprint density at radius 1 is 1.09 bits per heavy atom. The quantitative estimate of drug-likeness (QED) is 0.389. The topological polar surface area (TPSA) is 70.5 Å². The van der Waals surface area contributed by atoms with Gasteiger partial charge >= 0.3 is 5.69 Å². The molecule has 4 aromatic rings. The molecule has 0 aliphatic carbocycles. The van der Waals surface area contributed by atoms with Crippen LogP contribution >= 0.6 is 0 Å². The van der Waals surface area contributed by atoms with Gasteiger partial charge in [-0.25, -0.2) is 4.79 Å². The molecule has 4 rings (SSSR count). The number of imidazole rings is 1. The Labute approximate surface area is 187 Å². The predicted molar refractivity (Wildman–Crippen MR) is 126 cm³/mol. The molecule has 0 amide bonds. The number of nitrogens with zero attached hydrogens (tertiary/aromatic N) is 6. The lowest BCUT2D eigenvalue weighted by Gasteiger charge is -2.11. The van der Waals surface area contributed by atoms with E-state index in [0.29, 0.717) is 6.54 Å². The van der Waals surface area contributed by atoms with E-state index in [0.717, 1.165) is 40.9 Å². The molecule has 0 fully saturated rings. The third-order valence-corrected chi connectivity index (χ3v) is 5.82. The number of tetrazole rings is 1. The van der Waals surface area contributed by atoms with Gasteiger partial charge in [0.2, 0.25) is 0 Å². The van der Waals surface area contributed by atoms with Gasteiger partial charge in [0.1, 0.15) is 6.33 Å². The minimum atomic E-state index is 0.0481. The molecule has 2 aromatic carbocycles. The molecule has 164 valence electrons. The van der Waals surface area contributed by atoms with E-state index in [-0.39, 0.29) is 11.7 Å². The van der Waals surface area contributed by atoms with Crippen molar-refractivity contribution in [3.05, 3.63) is 94.9 Å². The molecule has 0 radical (unpaired) electrons. The van der Waals surface area contributed by atoms with E-state index < -0.39 is 0 Å². The van der Waals surface area contributed by atoms with Gasteiger partial charge in [-0.05, 0) is 47.9 Å². The summed E-state index contributed by atoms with van der Waals surface area (Å²) in [6.07, 6.45) is 9.37. The molecule has 7 heteroatoms. The van der Waals surface area contributed by atoms with Crippen molar-refractivity contribution in [1.82, 2.24) is 29.3 Å². The van der Waals surface area contributed by atoms with Gasteiger partial charge in [0.15, 0.2) is 0 Å².